The van der Waals surface area contributed by atoms with Crippen molar-refractivity contribution in [2.75, 3.05) is 5.75 Å². The molecule has 0 atom stereocenters. The van der Waals surface area contributed by atoms with Crippen molar-refractivity contribution in [3.05, 3.63) is 82.1 Å². The number of carbonyl (C=O) groups excluding carboxylic acids is 1. The number of aromatic nitrogens is 4. The topological polar surface area (TPSA) is 82.9 Å². The Kier molecular flexibility index (Phi) is 5.65. The zero-order valence-corrected chi connectivity index (χ0v) is 18.4. The summed E-state index contributed by atoms with van der Waals surface area (Å²) in [4.78, 5) is 30.5. The van der Waals surface area contributed by atoms with Gasteiger partial charge in [-0.05, 0) is 39.0 Å². The first-order valence-corrected chi connectivity index (χ1v) is 10.8. The van der Waals surface area contributed by atoms with E-state index in [1.807, 2.05) is 49.6 Å². The number of ketones is 1. The van der Waals surface area contributed by atoms with Gasteiger partial charge in [-0.2, -0.15) is 0 Å². The van der Waals surface area contributed by atoms with E-state index < -0.39 is 0 Å². The average Bonchev–Trinajstić information content (AvgIpc) is 3.30. The maximum atomic E-state index is 13.0. The summed E-state index contributed by atoms with van der Waals surface area (Å²) in [5.41, 5.74) is 2.78. The van der Waals surface area contributed by atoms with E-state index in [2.05, 4.69) is 16.7 Å². The minimum atomic E-state index is -0.139. The number of fused-ring (bicyclic) bond motifs is 1. The molecule has 1 aromatic carbocycles. The van der Waals surface area contributed by atoms with Gasteiger partial charge < -0.3 is 4.52 Å². The van der Waals surface area contributed by atoms with Crippen LogP contribution in [0, 0.1) is 20.8 Å². The summed E-state index contributed by atoms with van der Waals surface area (Å²) in [7, 11) is 0. The molecule has 0 fully saturated rings. The van der Waals surface area contributed by atoms with Crippen LogP contribution in [-0.4, -0.2) is 30.8 Å². The molecular formula is C23H22N4O3S. The third-order valence-corrected chi connectivity index (χ3v) is 6.02. The van der Waals surface area contributed by atoms with Crippen LogP contribution in [0.4, 0.5) is 0 Å². The lowest BCUT2D eigenvalue weighted by atomic mass is 10.2. The first-order valence-electron chi connectivity index (χ1n) is 9.79. The molecule has 158 valence electrons. The number of aryl methyl sites for hydroxylation is 2. The summed E-state index contributed by atoms with van der Waals surface area (Å²) in [5.74, 6) is 1.46. The molecule has 3 aromatic heterocycles. The fourth-order valence-electron chi connectivity index (χ4n) is 3.61. The Morgan fingerprint density at radius 1 is 1.23 bits per heavy atom. The number of benzene rings is 1. The predicted octanol–water partition coefficient (Wildman–Crippen LogP) is 4.26. The number of nitrogens with zero attached hydrogens (tertiary/aromatic N) is 4. The Bertz CT molecular complexity index is 1360. The Balaban J connectivity index is 1.64. The quantitative estimate of drug-likeness (QED) is 0.187. The van der Waals surface area contributed by atoms with Crippen molar-refractivity contribution in [2.45, 2.75) is 32.5 Å². The summed E-state index contributed by atoms with van der Waals surface area (Å²) in [6.45, 7) is 9.70. The molecule has 0 unspecified atom stereocenters. The SMILES string of the molecule is C=CCn1c(SCC(=O)c2cc(C)n(-c3cc(C)on3)c2C)nc2ccccc2c1=O. The van der Waals surface area contributed by atoms with Crippen LogP contribution in [0.25, 0.3) is 16.7 Å². The zero-order valence-electron chi connectivity index (χ0n) is 17.6. The highest BCUT2D eigenvalue weighted by molar-refractivity contribution is 7.99. The van der Waals surface area contributed by atoms with Gasteiger partial charge >= 0.3 is 0 Å². The molecule has 0 aliphatic carbocycles. The molecule has 0 spiro atoms. The third-order valence-electron chi connectivity index (χ3n) is 5.05. The standard InChI is InChI=1S/C23H22N4O3S/c1-5-10-26-22(29)17-8-6-7-9-19(17)24-23(26)31-13-20(28)18-11-14(2)27(16(18)4)21-12-15(3)30-25-21/h5-9,11-12H,1,10,13H2,2-4H3. The Hall–Kier alpha value is -3.39. The van der Waals surface area contributed by atoms with Crippen molar-refractivity contribution in [2.24, 2.45) is 0 Å². The number of thioether (sulfide) groups is 1. The Morgan fingerprint density at radius 3 is 2.71 bits per heavy atom. The lowest BCUT2D eigenvalue weighted by molar-refractivity contribution is 0.102. The molecule has 0 radical (unpaired) electrons. The highest BCUT2D eigenvalue weighted by Crippen LogP contribution is 2.24. The molecule has 4 aromatic rings. The summed E-state index contributed by atoms with van der Waals surface area (Å²) >= 11 is 1.25. The van der Waals surface area contributed by atoms with Gasteiger partial charge in [-0.3, -0.25) is 18.7 Å². The maximum absolute atomic E-state index is 13.0. The molecule has 0 bridgehead atoms. The van der Waals surface area contributed by atoms with Gasteiger partial charge in [-0.15, -0.1) is 6.58 Å². The van der Waals surface area contributed by atoms with Crippen LogP contribution in [0.2, 0.25) is 0 Å². The van der Waals surface area contributed by atoms with Gasteiger partial charge in [0.15, 0.2) is 16.8 Å². The molecule has 0 saturated heterocycles. The van der Waals surface area contributed by atoms with Gasteiger partial charge in [0.25, 0.3) is 5.56 Å². The van der Waals surface area contributed by atoms with Crippen LogP contribution in [0.1, 0.15) is 27.5 Å². The van der Waals surface area contributed by atoms with Crippen LogP contribution in [0.3, 0.4) is 0 Å². The predicted molar refractivity (Wildman–Crippen MR) is 121 cm³/mol. The molecule has 0 amide bonds. The molecule has 0 aliphatic heterocycles. The number of hydrogen-bond donors (Lipinski definition) is 0. The fraction of sp³-hybridized carbons (Fsp3) is 0.217. The number of hydrogen-bond acceptors (Lipinski definition) is 6. The van der Waals surface area contributed by atoms with Gasteiger partial charge in [-0.25, -0.2) is 4.98 Å². The van der Waals surface area contributed by atoms with Crippen molar-refractivity contribution >= 4 is 28.4 Å². The summed E-state index contributed by atoms with van der Waals surface area (Å²) in [6, 6.07) is 10.9. The number of para-hydroxylation sites is 1. The van der Waals surface area contributed by atoms with E-state index >= 15 is 0 Å². The van der Waals surface area contributed by atoms with Gasteiger partial charge in [-0.1, -0.05) is 35.1 Å². The molecule has 7 nitrogen and oxygen atoms in total. The lowest BCUT2D eigenvalue weighted by Crippen LogP contribution is -2.23. The van der Waals surface area contributed by atoms with Crippen LogP contribution in [-0.2, 0) is 6.54 Å². The fourth-order valence-corrected chi connectivity index (χ4v) is 4.50. The Morgan fingerprint density at radius 2 is 2.00 bits per heavy atom. The monoisotopic (exact) mass is 434 g/mol. The number of rotatable bonds is 7. The van der Waals surface area contributed by atoms with Crippen molar-refractivity contribution in [1.29, 1.82) is 0 Å². The molecule has 8 heteroatoms. The smallest absolute Gasteiger partial charge is 0.262 e. The van der Waals surface area contributed by atoms with E-state index in [4.69, 9.17) is 4.52 Å². The second-order valence-corrected chi connectivity index (χ2v) is 8.19. The van der Waals surface area contributed by atoms with Crippen molar-refractivity contribution in [1.82, 2.24) is 19.3 Å². The van der Waals surface area contributed by atoms with Crippen molar-refractivity contribution in [3.63, 3.8) is 0 Å². The van der Waals surface area contributed by atoms with Gasteiger partial charge in [0.05, 0.1) is 16.7 Å². The Labute approximate surface area is 183 Å². The van der Waals surface area contributed by atoms with E-state index in [1.54, 1.807) is 22.8 Å². The largest absolute Gasteiger partial charge is 0.360 e. The molecule has 4 rings (SSSR count). The molecule has 3 heterocycles. The molecular weight excluding hydrogens is 412 g/mol. The van der Waals surface area contributed by atoms with Gasteiger partial charge in [0, 0.05) is 29.6 Å². The maximum Gasteiger partial charge on any atom is 0.262 e. The van der Waals surface area contributed by atoms with Crippen molar-refractivity contribution < 1.29 is 9.32 Å². The van der Waals surface area contributed by atoms with E-state index in [-0.39, 0.29) is 17.1 Å². The lowest BCUT2D eigenvalue weighted by Gasteiger charge is -2.11. The molecule has 0 aliphatic rings. The van der Waals surface area contributed by atoms with Crippen LogP contribution >= 0.6 is 11.8 Å². The minimum Gasteiger partial charge on any atom is -0.360 e. The highest BCUT2D eigenvalue weighted by atomic mass is 32.2. The first kappa shape index (κ1) is 20.9. The second-order valence-electron chi connectivity index (χ2n) is 7.24. The molecule has 0 saturated carbocycles. The summed E-state index contributed by atoms with van der Waals surface area (Å²) < 4.78 is 8.63. The van der Waals surface area contributed by atoms with E-state index in [1.165, 1.54) is 11.8 Å². The van der Waals surface area contributed by atoms with Crippen LogP contribution in [0.5, 0.6) is 0 Å². The van der Waals surface area contributed by atoms with E-state index in [9.17, 15) is 9.59 Å². The summed E-state index contributed by atoms with van der Waals surface area (Å²) in [6.07, 6.45) is 1.65. The normalized spacial score (nSPS) is 11.2. The number of Topliss-reactive ketones (excluding diaryl/α,β-unsaturated/α-hetero) is 1. The highest BCUT2D eigenvalue weighted by Gasteiger charge is 2.20. The molecule has 0 N–H and O–H groups in total. The minimum absolute atomic E-state index is 0.0443. The zero-order chi connectivity index (χ0) is 22.1. The number of allylic oxidation sites excluding steroid dienone is 1. The third kappa shape index (κ3) is 3.86. The van der Waals surface area contributed by atoms with E-state index in [0.29, 0.717) is 39.7 Å². The van der Waals surface area contributed by atoms with Crippen molar-refractivity contribution in [3.8, 4) is 5.82 Å². The first-order chi connectivity index (χ1) is 14.9. The number of carbonyl (C=O) groups is 1. The van der Waals surface area contributed by atoms with Crippen LogP contribution < -0.4 is 5.56 Å². The average molecular weight is 435 g/mol. The van der Waals surface area contributed by atoms with Crippen LogP contribution in [0.15, 0.2) is 63.5 Å². The summed E-state index contributed by atoms with van der Waals surface area (Å²) in [5, 5.41) is 5.10. The second kappa shape index (κ2) is 8.39. The van der Waals surface area contributed by atoms with Gasteiger partial charge in [0.2, 0.25) is 0 Å². The van der Waals surface area contributed by atoms with Gasteiger partial charge in [0.1, 0.15) is 5.76 Å². The molecule has 31 heavy (non-hydrogen) atoms. The van der Waals surface area contributed by atoms with E-state index in [0.717, 1.165) is 11.4 Å².